The van der Waals surface area contributed by atoms with Crippen LogP contribution in [0.15, 0.2) is 61.2 Å². The summed E-state index contributed by atoms with van der Waals surface area (Å²) >= 11 is 0. The van der Waals surface area contributed by atoms with E-state index in [4.69, 9.17) is 0 Å². The molecule has 0 aliphatic carbocycles. The Kier molecular flexibility index (Phi) is 135. The fourth-order valence-electron chi connectivity index (χ4n) is 12.6. The Balaban J connectivity index is -0.000000208. The van der Waals surface area contributed by atoms with Crippen molar-refractivity contribution in [2.75, 3.05) is 0 Å². The van der Waals surface area contributed by atoms with E-state index in [1.54, 1.807) is 12.7 Å². The predicted octanol–water partition coefficient (Wildman–Crippen LogP) is 40.4. The third-order valence-corrected chi connectivity index (χ3v) is 20.3. The lowest BCUT2D eigenvalue weighted by atomic mass is 10.1. The molecule has 646 valence electrons. The SMILES string of the molecule is CCCCCCCCCC.CCCCCCCCCC.CCCCCCCCCC.CCCCCCCCCC.CCCCCCCCCC.CCCCCCCCCC.CCCCCCCCCC.CCCCCCCCCC.CCCCCCCCCC.c1ccc2[nH]cnc2c1.c1ccc2[nH]cnc2c1. The molecule has 0 unspecified atom stereocenters. The second-order valence-corrected chi connectivity index (χ2v) is 31.9. The van der Waals surface area contributed by atoms with Crippen LogP contribution >= 0.6 is 0 Å². The highest BCUT2D eigenvalue weighted by atomic mass is 14.9. The van der Waals surface area contributed by atoms with Gasteiger partial charge in [0.05, 0.1) is 34.7 Å². The number of H-pyrrole nitrogens is 2. The fraction of sp³-hybridized carbons (Fsp3) is 0.865. The molecule has 0 fully saturated rings. The summed E-state index contributed by atoms with van der Waals surface area (Å²) in [7, 11) is 0. The Morgan fingerprint density at radius 2 is 0.250 bits per heavy atom. The highest BCUT2D eigenvalue weighted by Crippen LogP contribution is 2.15. The van der Waals surface area contributed by atoms with E-state index in [1.807, 2.05) is 48.5 Å². The molecule has 4 aromatic rings. The van der Waals surface area contributed by atoms with Crippen LogP contribution in [0.2, 0.25) is 0 Å². The van der Waals surface area contributed by atoms with Gasteiger partial charge in [0.2, 0.25) is 0 Å². The van der Waals surface area contributed by atoms with Crippen LogP contribution in [-0.4, -0.2) is 19.9 Å². The molecule has 0 atom stereocenters. The first-order valence-electron chi connectivity index (χ1n) is 49.9. The monoisotopic (exact) mass is 1520 g/mol. The third-order valence-electron chi connectivity index (χ3n) is 20.3. The van der Waals surface area contributed by atoms with Gasteiger partial charge in [0.25, 0.3) is 0 Å². The maximum absolute atomic E-state index is 4.06. The van der Waals surface area contributed by atoms with Gasteiger partial charge in [0, 0.05) is 0 Å². The van der Waals surface area contributed by atoms with Gasteiger partial charge in [-0.25, -0.2) is 9.97 Å². The Hall–Kier alpha value is -2.62. The molecule has 0 radical (unpaired) electrons. The molecule has 2 aromatic carbocycles. The van der Waals surface area contributed by atoms with E-state index in [1.165, 1.54) is 462 Å². The van der Waals surface area contributed by atoms with Gasteiger partial charge < -0.3 is 9.97 Å². The van der Waals surface area contributed by atoms with Gasteiger partial charge in [0.1, 0.15) is 0 Å². The van der Waals surface area contributed by atoms with Gasteiger partial charge in [-0.2, -0.15) is 0 Å². The zero-order valence-corrected chi connectivity index (χ0v) is 78.6. The summed E-state index contributed by atoms with van der Waals surface area (Å²) in [4.78, 5) is 14.1. The molecular weight excluding hydrogens is 1310 g/mol. The first-order chi connectivity index (χ1) is 53.2. The van der Waals surface area contributed by atoms with Crippen LogP contribution in [0.4, 0.5) is 0 Å². The maximum atomic E-state index is 4.06. The van der Waals surface area contributed by atoms with Crippen LogP contribution < -0.4 is 0 Å². The van der Waals surface area contributed by atoms with Gasteiger partial charge in [-0.3, -0.25) is 0 Å². The van der Waals surface area contributed by atoms with Crippen LogP contribution in [0.3, 0.4) is 0 Å². The number of hydrogen-bond acceptors (Lipinski definition) is 2. The highest BCUT2D eigenvalue weighted by Gasteiger charge is 1.96. The first kappa shape index (κ1) is 119. The Morgan fingerprint density at radius 3 is 0.352 bits per heavy atom. The molecule has 0 saturated carbocycles. The lowest BCUT2D eigenvalue weighted by Crippen LogP contribution is -1.77. The van der Waals surface area contributed by atoms with Crippen molar-refractivity contribution in [2.45, 2.75) is 587 Å². The zero-order valence-electron chi connectivity index (χ0n) is 78.6. The Labute approximate surface area is 686 Å². The number of benzene rings is 2. The molecule has 4 heteroatoms. The van der Waals surface area contributed by atoms with Crippen molar-refractivity contribution in [3.8, 4) is 0 Å². The van der Waals surface area contributed by atoms with Crippen LogP contribution in [-0.2, 0) is 0 Å². The molecule has 0 saturated heterocycles. The third kappa shape index (κ3) is 122. The topological polar surface area (TPSA) is 57.4 Å². The van der Waals surface area contributed by atoms with E-state index >= 15 is 0 Å². The average Bonchev–Trinajstić information content (AvgIpc) is 1.75. The van der Waals surface area contributed by atoms with E-state index in [-0.39, 0.29) is 0 Å². The van der Waals surface area contributed by atoms with Crippen LogP contribution in [0.25, 0.3) is 22.1 Å². The minimum atomic E-state index is 1.03. The number of para-hydroxylation sites is 4. The minimum Gasteiger partial charge on any atom is -0.345 e. The largest absolute Gasteiger partial charge is 0.345 e. The van der Waals surface area contributed by atoms with Crippen LogP contribution in [0.5, 0.6) is 0 Å². The number of nitrogens with zero attached hydrogens (tertiary/aromatic N) is 2. The molecule has 0 amide bonds. The normalized spacial score (nSPS) is 10.2. The maximum Gasteiger partial charge on any atom is 0.0931 e. The summed E-state index contributed by atoms with van der Waals surface area (Å²) in [6.45, 7) is 40.9. The van der Waals surface area contributed by atoms with Crippen LogP contribution in [0, 0.1) is 0 Å². The fourth-order valence-corrected chi connectivity index (χ4v) is 12.6. The van der Waals surface area contributed by atoms with E-state index in [9.17, 15) is 0 Å². The molecule has 4 nitrogen and oxygen atoms in total. The van der Waals surface area contributed by atoms with Crippen molar-refractivity contribution in [1.29, 1.82) is 0 Å². The van der Waals surface area contributed by atoms with Crippen molar-refractivity contribution in [3.05, 3.63) is 61.2 Å². The molecule has 0 bridgehead atoms. The average molecular weight is 1520 g/mol. The number of hydrogen-bond donors (Lipinski definition) is 2. The number of aromatic amines is 2. The molecule has 0 aliphatic heterocycles. The van der Waals surface area contributed by atoms with Crippen molar-refractivity contribution >= 4 is 22.1 Å². The Bertz CT molecular complexity index is 1500. The lowest BCUT2D eigenvalue weighted by Gasteiger charge is -1.97. The first-order valence-corrected chi connectivity index (χ1v) is 49.9. The number of unbranched alkanes of at least 4 members (excludes halogenated alkanes) is 63. The molecule has 2 N–H and O–H groups in total. The number of nitrogens with one attached hydrogen (secondary N) is 2. The van der Waals surface area contributed by atoms with Crippen molar-refractivity contribution < 1.29 is 0 Å². The predicted molar refractivity (Wildman–Crippen MR) is 507 cm³/mol. The van der Waals surface area contributed by atoms with Gasteiger partial charge in [-0.15, -0.1) is 0 Å². The molecule has 108 heavy (non-hydrogen) atoms. The summed E-state index contributed by atoms with van der Waals surface area (Å²) < 4.78 is 0. The summed E-state index contributed by atoms with van der Waals surface area (Å²) in [6.07, 6.45) is 107. The summed E-state index contributed by atoms with van der Waals surface area (Å²) in [5.74, 6) is 0. The van der Waals surface area contributed by atoms with E-state index in [0.717, 1.165) is 22.1 Å². The van der Waals surface area contributed by atoms with E-state index in [0.29, 0.717) is 0 Å². The summed E-state index contributed by atoms with van der Waals surface area (Å²) in [5.41, 5.74) is 4.24. The van der Waals surface area contributed by atoms with E-state index < -0.39 is 0 Å². The second-order valence-electron chi connectivity index (χ2n) is 31.9. The molecule has 2 heterocycles. The molecule has 0 aliphatic rings. The van der Waals surface area contributed by atoms with E-state index in [2.05, 4.69) is 145 Å². The molecule has 4 rings (SSSR count). The smallest absolute Gasteiger partial charge is 0.0931 e. The molecular formula is C104H210N4. The Morgan fingerprint density at radius 1 is 0.148 bits per heavy atom. The zero-order chi connectivity index (χ0) is 81.1. The molecule has 0 spiro atoms. The van der Waals surface area contributed by atoms with Crippen molar-refractivity contribution in [1.82, 2.24) is 19.9 Å². The van der Waals surface area contributed by atoms with Gasteiger partial charge in [-0.05, 0) is 24.3 Å². The molecule has 2 aromatic heterocycles. The standard InChI is InChI=1S/9C10H22.2C7H6N2/c9*1-3-5-7-9-10-8-6-4-2;2*1-2-4-7-6(3-1)8-5-9-7/h9*3-10H2,1-2H3;2*1-5H,(H,8,9). The summed E-state index contributed by atoms with van der Waals surface area (Å²) in [5, 5.41) is 0. The number of fused-ring (bicyclic) bond motifs is 2. The number of aromatic nitrogens is 4. The van der Waals surface area contributed by atoms with Crippen LogP contribution in [0.1, 0.15) is 587 Å². The van der Waals surface area contributed by atoms with Gasteiger partial charge in [0.15, 0.2) is 0 Å². The van der Waals surface area contributed by atoms with Gasteiger partial charge >= 0.3 is 0 Å². The number of rotatable bonds is 63. The lowest BCUT2D eigenvalue weighted by molar-refractivity contribution is 0.585. The van der Waals surface area contributed by atoms with Gasteiger partial charge in [-0.1, -0.05) is 611 Å². The minimum absolute atomic E-state index is 1.03. The second kappa shape index (κ2) is 123. The summed E-state index contributed by atoms with van der Waals surface area (Å²) in [6, 6.07) is 15.9. The quantitative estimate of drug-likeness (QED) is 0.0433. The van der Waals surface area contributed by atoms with Crippen molar-refractivity contribution in [3.63, 3.8) is 0 Å². The highest BCUT2D eigenvalue weighted by molar-refractivity contribution is 5.74. The number of imidazole rings is 2. The van der Waals surface area contributed by atoms with Crippen molar-refractivity contribution in [2.24, 2.45) is 0 Å².